The Balaban J connectivity index is 3.15. The van der Waals surface area contributed by atoms with Gasteiger partial charge in [-0.1, -0.05) is 0 Å². The maximum absolute atomic E-state index is 10.9. The van der Waals surface area contributed by atoms with E-state index in [1.54, 1.807) is 0 Å². The van der Waals surface area contributed by atoms with E-state index < -0.39 is 12.6 Å². The highest BCUT2D eigenvalue weighted by Gasteiger charge is 2.25. The summed E-state index contributed by atoms with van der Waals surface area (Å²) in [4.78, 5) is 0. The lowest BCUT2D eigenvalue weighted by molar-refractivity contribution is -0.128. The summed E-state index contributed by atoms with van der Waals surface area (Å²) in [5, 5.41) is 0. The molecule has 0 aliphatic rings. The molecule has 42 valence electrons. The van der Waals surface area contributed by atoms with Gasteiger partial charge in [0.1, 0.15) is 0 Å². The Labute approximate surface area is 39.3 Å². The molecule has 2 radical (unpaired) electrons. The first kappa shape index (κ1) is 6.75. The van der Waals surface area contributed by atoms with Gasteiger partial charge >= 0.3 is 6.18 Å². The number of rotatable bonds is 1. The minimum Gasteiger partial charge on any atom is -0.322 e. The largest absolute Gasteiger partial charge is 0.391 e. The summed E-state index contributed by atoms with van der Waals surface area (Å²) in [7, 11) is 0. The fourth-order valence-electron chi connectivity index (χ4n) is 0.116. The zero-order valence-electron chi connectivity index (χ0n) is 3.42. The molecule has 0 saturated heterocycles. The topological polar surface area (TPSA) is 26.0 Å². The van der Waals surface area contributed by atoms with E-state index in [4.69, 9.17) is 0 Å². The van der Waals surface area contributed by atoms with Gasteiger partial charge in [-0.3, -0.25) is 0 Å². The summed E-state index contributed by atoms with van der Waals surface area (Å²) in [6, 6.07) is 0. The predicted molar refractivity (Wildman–Crippen MR) is 18.1 cm³/mol. The highest BCUT2D eigenvalue weighted by molar-refractivity contribution is 4.59. The molecule has 0 amide bonds. The van der Waals surface area contributed by atoms with Gasteiger partial charge in [-0.05, 0) is 0 Å². The Morgan fingerprint density at radius 1 is 1.43 bits per heavy atom. The molecule has 0 rings (SSSR count). The molecule has 0 heterocycles. The Morgan fingerprint density at radius 3 is 1.86 bits per heavy atom. The zero-order chi connectivity index (χ0) is 5.91. The minimum atomic E-state index is -4.19. The number of hydrogen-bond donors (Lipinski definition) is 1. The van der Waals surface area contributed by atoms with Crippen molar-refractivity contribution in [2.45, 2.75) is 12.6 Å². The van der Waals surface area contributed by atoms with Crippen molar-refractivity contribution < 1.29 is 13.2 Å². The first-order chi connectivity index (χ1) is 3.06. The summed E-state index contributed by atoms with van der Waals surface area (Å²) in [5.74, 6) is 0. The van der Waals surface area contributed by atoms with E-state index in [-0.39, 0.29) is 0 Å². The van der Waals surface area contributed by atoms with Crippen molar-refractivity contribution in [1.82, 2.24) is 0 Å². The third-order valence-corrected chi connectivity index (χ3v) is 0.303. The average Bonchev–Trinajstić information content (AvgIpc) is 1.30. The van der Waals surface area contributed by atoms with Crippen LogP contribution in [0.4, 0.5) is 13.2 Å². The predicted octanol–water partition coefficient (Wildman–Crippen LogP) is 0.936. The van der Waals surface area contributed by atoms with E-state index in [0.717, 1.165) is 0 Å². The van der Waals surface area contributed by atoms with Gasteiger partial charge < -0.3 is 5.73 Å². The van der Waals surface area contributed by atoms with Crippen LogP contribution in [0.3, 0.4) is 0 Å². The summed E-state index contributed by atoms with van der Waals surface area (Å²) in [6.45, 7) is 1.48. The maximum atomic E-state index is 10.9. The van der Waals surface area contributed by atoms with Crippen LogP contribution in [0.15, 0.2) is 0 Å². The Kier molecular flexibility index (Phi) is 2.08. The summed E-state index contributed by atoms with van der Waals surface area (Å²) in [6.07, 6.45) is -5.32. The van der Waals surface area contributed by atoms with Gasteiger partial charge in [0.25, 0.3) is 0 Å². The second-order valence-electron chi connectivity index (χ2n) is 0.996. The first-order valence-corrected chi connectivity index (χ1v) is 1.56. The van der Waals surface area contributed by atoms with Crippen molar-refractivity contribution in [1.29, 1.82) is 0 Å². The molecule has 1 nitrogen and oxygen atoms in total. The molecule has 7 heavy (non-hydrogen) atoms. The summed E-state index contributed by atoms with van der Waals surface area (Å²) < 4.78 is 32.7. The molecule has 0 atom stereocenters. The molecule has 4 heteroatoms. The molecule has 0 aliphatic carbocycles. The van der Waals surface area contributed by atoms with Gasteiger partial charge in [-0.2, -0.15) is 13.2 Å². The van der Waals surface area contributed by atoms with Crippen LogP contribution in [-0.2, 0) is 0 Å². The van der Waals surface area contributed by atoms with Gasteiger partial charge in [0.2, 0.25) is 0 Å². The molecular formula is C3H4F3N. The standard InChI is InChI=1S/C3H4F3N/c4-3(5,6)1-2-7/h1,7H2. The second-order valence-corrected chi connectivity index (χ2v) is 0.996. The number of halogens is 3. The normalized spacial score (nSPS) is 12.0. The summed E-state index contributed by atoms with van der Waals surface area (Å²) in [5.41, 5.74) is 4.34. The van der Waals surface area contributed by atoms with Crippen molar-refractivity contribution in [3.63, 3.8) is 0 Å². The third kappa shape index (κ3) is 5.75. The molecule has 0 bridgehead atoms. The first-order valence-electron chi connectivity index (χ1n) is 1.56. The highest BCUT2D eigenvalue weighted by atomic mass is 19.4. The van der Waals surface area contributed by atoms with Crippen molar-refractivity contribution >= 4 is 0 Å². The van der Waals surface area contributed by atoms with E-state index in [1.807, 2.05) is 0 Å². The number of hydrogen-bond acceptors (Lipinski definition) is 1. The smallest absolute Gasteiger partial charge is 0.322 e. The van der Waals surface area contributed by atoms with Gasteiger partial charge in [0, 0.05) is 0 Å². The summed E-state index contributed by atoms with van der Waals surface area (Å²) >= 11 is 0. The zero-order valence-corrected chi connectivity index (χ0v) is 3.42. The highest BCUT2D eigenvalue weighted by Crippen LogP contribution is 2.18. The molecule has 0 spiro atoms. The fraction of sp³-hybridized carbons (Fsp3) is 0.667. The lowest BCUT2D eigenvalue weighted by Crippen LogP contribution is -2.09. The number of alkyl halides is 3. The SMILES string of the molecule is N[C]CC(F)(F)F. The van der Waals surface area contributed by atoms with E-state index >= 15 is 0 Å². The molecule has 0 aromatic heterocycles. The van der Waals surface area contributed by atoms with Crippen LogP contribution in [0.25, 0.3) is 0 Å². The van der Waals surface area contributed by atoms with Crippen LogP contribution in [-0.4, -0.2) is 6.18 Å². The van der Waals surface area contributed by atoms with Crippen LogP contribution >= 0.6 is 0 Å². The fourth-order valence-corrected chi connectivity index (χ4v) is 0.116. The Hall–Kier alpha value is -0.250. The van der Waals surface area contributed by atoms with E-state index in [9.17, 15) is 13.2 Å². The van der Waals surface area contributed by atoms with Crippen molar-refractivity contribution in [2.75, 3.05) is 0 Å². The van der Waals surface area contributed by atoms with Gasteiger partial charge in [0.15, 0.2) is 0 Å². The molecule has 0 aromatic rings. The lowest BCUT2D eigenvalue weighted by atomic mass is 10.4. The van der Waals surface area contributed by atoms with Crippen molar-refractivity contribution in [3.05, 3.63) is 6.54 Å². The van der Waals surface area contributed by atoms with Gasteiger partial charge in [-0.25, -0.2) is 0 Å². The molecule has 0 aliphatic heterocycles. The van der Waals surface area contributed by atoms with Crippen molar-refractivity contribution in [2.24, 2.45) is 5.73 Å². The van der Waals surface area contributed by atoms with E-state index in [0.29, 0.717) is 0 Å². The molecule has 2 N–H and O–H groups in total. The molecule has 0 aromatic carbocycles. The minimum absolute atomic E-state index is 1.13. The Bertz CT molecular complexity index is 48.6. The van der Waals surface area contributed by atoms with Crippen LogP contribution in [0, 0.1) is 6.54 Å². The van der Waals surface area contributed by atoms with Gasteiger partial charge in [-0.15, -0.1) is 0 Å². The maximum Gasteiger partial charge on any atom is 0.391 e. The van der Waals surface area contributed by atoms with E-state index in [2.05, 4.69) is 5.73 Å². The average molecular weight is 111 g/mol. The van der Waals surface area contributed by atoms with Crippen molar-refractivity contribution in [3.8, 4) is 0 Å². The van der Waals surface area contributed by atoms with Crippen LogP contribution in [0.1, 0.15) is 6.42 Å². The molecular weight excluding hydrogens is 107 g/mol. The number of nitrogens with two attached hydrogens (primary N) is 1. The van der Waals surface area contributed by atoms with Crippen LogP contribution < -0.4 is 5.73 Å². The third-order valence-electron chi connectivity index (χ3n) is 0.303. The van der Waals surface area contributed by atoms with Gasteiger partial charge in [0.05, 0.1) is 13.0 Å². The second kappa shape index (κ2) is 2.16. The Morgan fingerprint density at radius 2 is 1.86 bits per heavy atom. The molecule has 0 unspecified atom stereocenters. The van der Waals surface area contributed by atoms with Crippen LogP contribution in [0.2, 0.25) is 0 Å². The molecule has 0 fully saturated rings. The lowest BCUT2D eigenvalue weighted by Gasteiger charge is -1.99. The van der Waals surface area contributed by atoms with Crippen LogP contribution in [0.5, 0.6) is 0 Å². The quantitative estimate of drug-likeness (QED) is 0.500. The monoisotopic (exact) mass is 111 g/mol. The molecule has 0 saturated carbocycles. The van der Waals surface area contributed by atoms with E-state index in [1.165, 1.54) is 6.54 Å².